The summed E-state index contributed by atoms with van der Waals surface area (Å²) >= 11 is 1.65. The summed E-state index contributed by atoms with van der Waals surface area (Å²) in [5, 5.41) is 10.5. The lowest BCUT2D eigenvalue weighted by Crippen LogP contribution is -2.24. The van der Waals surface area contributed by atoms with Crippen molar-refractivity contribution in [2.24, 2.45) is 0 Å². The topological polar surface area (TPSA) is 46.2 Å². The summed E-state index contributed by atoms with van der Waals surface area (Å²) in [5.74, 6) is 0.613. The second-order valence-electron chi connectivity index (χ2n) is 4.95. The van der Waals surface area contributed by atoms with Crippen LogP contribution in [0.15, 0.2) is 53.4 Å². The lowest BCUT2D eigenvalue weighted by Gasteiger charge is -2.23. The van der Waals surface area contributed by atoms with Gasteiger partial charge in [0, 0.05) is 16.3 Å². The molecule has 2 nitrogen and oxygen atoms in total. The molecule has 0 aliphatic rings. The zero-order valence-electron chi connectivity index (χ0n) is 11.3. The number of hydrogen-bond acceptors (Lipinski definition) is 3. The molecule has 0 fully saturated rings. The van der Waals surface area contributed by atoms with Gasteiger partial charge in [0.05, 0.1) is 5.60 Å². The molecule has 0 saturated carbocycles. The van der Waals surface area contributed by atoms with E-state index in [-0.39, 0.29) is 0 Å². The van der Waals surface area contributed by atoms with Crippen LogP contribution in [0.2, 0.25) is 0 Å². The number of nitrogens with two attached hydrogens (primary N) is 1. The first-order chi connectivity index (χ1) is 8.99. The van der Waals surface area contributed by atoms with E-state index in [0.29, 0.717) is 5.75 Å². The summed E-state index contributed by atoms with van der Waals surface area (Å²) in [4.78, 5) is 1.16. The summed E-state index contributed by atoms with van der Waals surface area (Å²) < 4.78 is 0. The Kier molecular flexibility index (Phi) is 4.17. The minimum Gasteiger partial charge on any atom is -0.399 e. The van der Waals surface area contributed by atoms with Crippen LogP contribution in [0.4, 0.5) is 5.69 Å². The molecule has 0 aromatic heterocycles. The number of hydrogen-bond donors (Lipinski definition) is 2. The van der Waals surface area contributed by atoms with E-state index < -0.39 is 5.60 Å². The number of thioether (sulfide) groups is 1. The Labute approximate surface area is 118 Å². The minimum atomic E-state index is -0.834. The maximum absolute atomic E-state index is 10.5. The standard InChI is InChI=1S/C16H19NOS/c1-12-10-14(17)8-9-15(12)19-11-16(2,18)13-6-4-3-5-7-13/h3-10,18H,11,17H2,1-2H3. The number of anilines is 1. The van der Waals surface area contributed by atoms with Crippen LogP contribution in [0, 0.1) is 6.92 Å². The van der Waals surface area contributed by atoms with Crippen molar-refractivity contribution >= 4 is 17.4 Å². The van der Waals surface area contributed by atoms with Crippen LogP contribution in [0.25, 0.3) is 0 Å². The van der Waals surface area contributed by atoms with Gasteiger partial charge in [-0.1, -0.05) is 30.3 Å². The van der Waals surface area contributed by atoms with Gasteiger partial charge in [0.2, 0.25) is 0 Å². The molecule has 19 heavy (non-hydrogen) atoms. The van der Waals surface area contributed by atoms with Gasteiger partial charge >= 0.3 is 0 Å². The molecule has 0 amide bonds. The van der Waals surface area contributed by atoms with Crippen molar-refractivity contribution in [3.63, 3.8) is 0 Å². The molecule has 2 aromatic carbocycles. The third kappa shape index (κ3) is 3.52. The Balaban J connectivity index is 2.09. The van der Waals surface area contributed by atoms with Crippen LogP contribution in [0.3, 0.4) is 0 Å². The number of rotatable bonds is 4. The van der Waals surface area contributed by atoms with Gasteiger partial charge in [0.25, 0.3) is 0 Å². The molecule has 0 spiro atoms. The minimum absolute atomic E-state index is 0.613. The second-order valence-corrected chi connectivity index (χ2v) is 5.97. The van der Waals surface area contributed by atoms with Crippen LogP contribution >= 0.6 is 11.8 Å². The predicted molar refractivity (Wildman–Crippen MR) is 82.3 cm³/mol. The summed E-state index contributed by atoms with van der Waals surface area (Å²) in [6.07, 6.45) is 0. The van der Waals surface area contributed by atoms with Crippen molar-refractivity contribution < 1.29 is 5.11 Å². The van der Waals surface area contributed by atoms with Crippen molar-refractivity contribution in [1.29, 1.82) is 0 Å². The van der Waals surface area contributed by atoms with Gasteiger partial charge in [-0.15, -0.1) is 11.8 Å². The van der Waals surface area contributed by atoms with Crippen molar-refractivity contribution in [3.05, 3.63) is 59.7 Å². The maximum atomic E-state index is 10.5. The lowest BCUT2D eigenvalue weighted by molar-refractivity contribution is 0.0839. The fourth-order valence-electron chi connectivity index (χ4n) is 1.93. The van der Waals surface area contributed by atoms with Crippen LogP contribution in [0.1, 0.15) is 18.1 Å². The molecular weight excluding hydrogens is 254 g/mol. The van der Waals surface area contributed by atoms with Gasteiger partial charge in [-0.2, -0.15) is 0 Å². The average molecular weight is 273 g/mol. The normalized spacial score (nSPS) is 14.1. The lowest BCUT2D eigenvalue weighted by atomic mass is 9.99. The summed E-state index contributed by atoms with van der Waals surface area (Å²) in [6, 6.07) is 15.6. The third-order valence-electron chi connectivity index (χ3n) is 3.10. The molecule has 0 heterocycles. The highest BCUT2D eigenvalue weighted by Crippen LogP contribution is 2.31. The van der Waals surface area contributed by atoms with E-state index in [2.05, 4.69) is 0 Å². The SMILES string of the molecule is Cc1cc(N)ccc1SCC(C)(O)c1ccccc1. The summed E-state index contributed by atoms with van der Waals surface area (Å²) in [5.41, 5.74) is 7.77. The van der Waals surface area contributed by atoms with E-state index in [1.54, 1.807) is 11.8 Å². The number of nitrogen functional groups attached to an aromatic ring is 1. The Morgan fingerprint density at radius 3 is 2.47 bits per heavy atom. The molecule has 0 aliphatic heterocycles. The van der Waals surface area contributed by atoms with E-state index >= 15 is 0 Å². The summed E-state index contributed by atoms with van der Waals surface area (Å²) in [6.45, 7) is 3.89. The molecular formula is C16H19NOS. The van der Waals surface area contributed by atoms with Gasteiger partial charge in [-0.05, 0) is 43.2 Å². The van der Waals surface area contributed by atoms with Crippen molar-refractivity contribution in [1.82, 2.24) is 0 Å². The number of aryl methyl sites for hydroxylation is 1. The molecule has 0 radical (unpaired) electrons. The smallest absolute Gasteiger partial charge is 0.0962 e. The van der Waals surface area contributed by atoms with E-state index in [4.69, 9.17) is 5.73 Å². The number of aliphatic hydroxyl groups is 1. The average Bonchev–Trinajstić information content (AvgIpc) is 2.39. The predicted octanol–water partition coefficient (Wildman–Crippen LogP) is 3.58. The highest BCUT2D eigenvalue weighted by Gasteiger charge is 2.23. The largest absolute Gasteiger partial charge is 0.399 e. The zero-order chi connectivity index (χ0) is 13.9. The Bertz CT molecular complexity index is 552. The molecule has 2 rings (SSSR count). The monoisotopic (exact) mass is 273 g/mol. The molecule has 0 saturated heterocycles. The number of benzene rings is 2. The van der Waals surface area contributed by atoms with Gasteiger partial charge < -0.3 is 10.8 Å². The molecule has 2 aromatic rings. The maximum Gasteiger partial charge on any atom is 0.0962 e. The Morgan fingerprint density at radius 2 is 1.84 bits per heavy atom. The second kappa shape index (κ2) is 5.68. The molecule has 1 unspecified atom stereocenters. The van der Waals surface area contributed by atoms with E-state index in [9.17, 15) is 5.11 Å². The Morgan fingerprint density at radius 1 is 1.16 bits per heavy atom. The molecule has 0 aliphatic carbocycles. The summed E-state index contributed by atoms with van der Waals surface area (Å²) in [7, 11) is 0. The first kappa shape index (κ1) is 14.0. The van der Waals surface area contributed by atoms with E-state index in [1.165, 1.54) is 0 Å². The first-order valence-electron chi connectivity index (χ1n) is 6.26. The molecule has 3 N–H and O–H groups in total. The fraction of sp³-hybridized carbons (Fsp3) is 0.250. The van der Waals surface area contributed by atoms with Crippen molar-refractivity contribution in [3.8, 4) is 0 Å². The zero-order valence-corrected chi connectivity index (χ0v) is 12.1. The van der Waals surface area contributed by atoms with Crippen LogP contribution < -0.4 is 5.73 Å². The molecule has 3 heteroatoms. The molecule has 0 bridgehead atoms. The highest BCUT2D eigenvalue weighted by atomic mass is 32.2. The van der Waals surface area contributed by atoms with E-state index in [0.717, 1.165) is 21.7 Å². The van der Waals surface area contributed by atoms with Crippen LogP contribution in [-0.4, -0.2) is 10.9 Å². The third-order valence-corrected chi connectivity index (χ3v) is 4.58. The van der Waals surface area contributed by atoms with Gasteiger partial charge in [-0.25, -0.2) is 0 Å². The fourth-order valence-corrected chi connectivity index (χ4v) is 2.99. The molecule has 100 valence electrons. The Hall–Kier alpha value is -1.45. The highest BCUT2D eigenvalue weighted by molar-refractivity contribution is 7.99. The molecule has 1 atom stereocenters. The van der Waals surface area contributed by atoms with Crippen LogP contribution in [0.5, 0.6) is 0 Å². The van der Waals surface area contributed by atoms with Gasteiger partial charge in [0.1, 0.15) is 0 Å². The van der Waals surface area contributed by atoms with Crippen molar-refractivity contribution in [2.75, 3.05) is 11.5 Å². The van der Waals surface area contributed by atoms with E-state index in [1.807, 2.05) is 62.4 Å². The van der Waals surface area contributed by atoms with Gasteiger partial charge in [-0.3, -0.25) is 0 Å². The van der Waals surface area contributed by atoms with Gasteiger partial charge in [0.15, 0.2) is 0 Å². The van der Waals surface area contributed by atoms with Crippen LogP contribution in [-0.2, 0) is 5.60 Å². The van der Waals surface area contributed by atoms with Crippen molar-refractivity contribution in [2.45, 2.75) is 24.3 Å². The first-order valence-corrected chi connectivity index (χ1v) is 7.24. The quantitative estimate of drug-likeness (QED) is 0.661.